The van der Waals surface area contributed by atoms with Gasteiger partial charge in [-0.2, -0.15) is 0 Å². The molecule has 2 saturated heterocycles. The van der Waals surface area contributed by atoms with Crippen molar-refractivity contribution < 1.29 is 28.5 Å². The van der Waals surface area contributed by atoms with E-state index < -0.39 is 16.9 Å². The molecule has 0 aliphatic carbocycles. The Balaban J connectivity index is 2.34. The van der Waals surface area contributed by atoms with E-state index in [1.165, 1.54) is 18.6 Å². The van der Waals surface area contributed by atoms with Crippen LogP contribution in [0.4, 0.5) is 0 Å². The van der Waals surface area contributed by atoms with Gasteiger partial charge in [-0.1, -0.05) is 44.9 Å². The average Bonchev–Trinajstić information content (AvgIpc) is 2.84. The standard InChI is InChI=1S/C25H44O6Si2/c1-6-22(26)28-16-12-20-33(5,21-13-17-29-23(27)7-2)25(15-9-11-19-31-25)24(32(3)4)14-8-10-18-30-24/h6-7,32H,1-2,8-21H2,3-5H3. The number of carbonyl (C=O) groups excluding carboxylic acids is 2. The molecule has 0 radical (unpaired) electrons. The Bertz CT molecular complexity index is 638. The van der Waals surface area contributed by atoms with Crippen molar-refractivity contribution >= 4 is 28.8 Å². The minimum absolute atomic E-state index is 0.164. The monoisotopic (exact) mass is 496 g/mol. The van der Waals surface area contributed by atoms with Gasteiger partial charge in [-0.15, -0.1) is 0 Å². The molecule has 0 N–H and O–H groups in total. The summed E-state index contributed by atoms with van der Waals surface area (Å²) in [6, 6.07) is 1.97. The van der Waals surface area contributed by atoms with Crippen LogP contribution in [0.2, 0.25) is 31.7 Å². The molecule has 2 aliphatic heterocycles. The van der Waals surface area contributed by atoms with E-state index in [4.69, 9.17) is 18.9 Å². The third-order valence-corrected chi connectivity index (χ3v) is 16.5. The first-order valence-corrected chi connectivity index (χ1v) is 18.4. The molecule has 8 heteroatoms. The number of ether oxygens (including phenoxy) is 4. The van der Waals surface area contributed by atoms with E-state index in [-0.39, 0.29) is 22.4 Å². The zero-order valence-corrected chi connectivity index (χ0v) is 23.1. The Morgan fingerprint density at radius 3 is 1.82 bits per heavy atom. The van der Waals surface area contributed by atoms with Crippen molar-refractivity contribution in [2.45, 2.75) is 93.5 Å². The topological polar surface area (TPSA) is 71.1 Å². The maximum Gasteiger partial charge on any atom is 0.330 e. The third-order valence-electron chi connectivity index (χ3n) is 7.73. The Hall–Kier alpha value is -1.23. The highest BCUT2D eigenvalue weighted by molar-refractivity contribution is 6.83. The molecule has 2 aliphatic rings. The lowest BCUT2D eigenvalue weighted by Gasteiger charge is -2.62. The summed E-state index contributed by atoms with van der Waals surface area (Å²) in [6.07, 6.45) is 10.7. The molecule has 2 rings (SSSR count). The van der Waals surface area contributed by atoms with E-state index in [2.05, 4.69) is 32.8 Å². The first-order chi connectivity index (χ1) is 15.8. The summed E-state index contributed by atoms with van der Waals surface area (Å²) in [5.74, 6) is -0.750. The molecule has 0 bridgehead atoms. The van der Waals surface area contributed by atoms with Crippen LogP contribution < -0.4 is 0 Å². The molecule has 0 amide bonds. The fourth-order valence-electron chi connectivity index (χ4n) is 6.09. The van der Waals surface area contributed by atoms with Crippen LogP contribution in [0.1, 0.15) is 51.4 Å². The van der Waals surface area contributed by atoms with Crippen molar-refractivity contribution in [1.82, 2.24) is 0 Å². The summed E-state index contributed by atoms with van der Waals surface area (Å²) in [7, 11) is -3.40. The Morgan fingerprint density at radius 2 is 1.42 bits per heavy atom. The summed E-state index contributed by atoms with van der Waals surface area (Å²) in [4.78, 5) is 23.1. The molecule has 0 aromatic heterocycles. The first-order valence-electron chi connectivity index (χ1n) is 12.6. The predicted octanol–water partition coefficient (Wildman–Crippen LogP) is 4.75. The van der Waals surface area contributed by atoms with Gasteiger partial charge in [0, 0.05) is 25.4 Å². The fourth-order valence-corrected chi connectivity index (χ4v) is 15.7. The highest BCUT2D eigenvalue weighted by Gasteiger charge is 2.64. The molecule has 2 fully saturated rings. The zero-order chi connectivity index (χ0) is 24.4. The Labute approximate surface area is 202 Å². The number of esters is 2. The van der Waals surface area contributed by atoms with Crippen molar-refractivity contribution in [2.75, 3.05) is 26.4 Å². The van der Waals surface area contributed by atoms with Gasteiger partial charge in [0.1, 0.15) is 0 Å². The smallest absolute Gasteiger partial charge is 0.330 e. The number of hydrogen-bond donors (Lipinski definition) is 0. The Morgan fingerprint density at radius 1 is 0.909 bits per heavy atom. The van der Waals surface area contributed by atoms with Crippen LogP contribution in [0.25, 0.3) is 0 Å². The SMILES string of the molecule is C=CC(=O)OCCC[Si](C)(CCCOC(=O)C=C)C1(C2([SiH](C)C)CCCCO2)CCCCO1. The maximum absolute atomic E-state index is 11.6. The number of hydrogen-bond acceptors (Lipinski definition) is 6. The third kappa shape index (κ3) is 6.47. The second-order valence-electron chi connectivity index (χ2n) is 9.99. The molecule has 33 heavy (non-hydrogen) atoms. The van der Waals surface area contributed by atoms with Gasteiger partial charge in [-0.05, 0) is 51.4 Å². The minimum atomic E-state index is -2.13. The van der Waals surface area contributed by atoms with Crippen LogP contribution in [0.5, 0.6) is 0 Å². The van der Waals surface area contributed by atoms with Crippen molar-refractivity contribution in [3.63, 3.8) is 0 Å². The van der Waals surface area contributed by atoms with Crippen LogP contribution in [0.15, 0.2) is 25.3 Å². The summed E-state index contributed by atoms with van der Waals surface area (Å²) in [5.41, 5.74) is 0. The summed E-state index contributed by atoms with van der Waals surface area (Å²) >= 11 is 0. The maximum atomic E-state index is 11.6. The van der Waals surface area contributed by atoms with Crippen LogP contribution in [-0.4, -0.2) is 65.7 Å². The van der Waals surface area contributed by atoms with Gasteiger partial charge in [0.2, 0.25) is 0 Å². The Kier molecular flexibility index (Phi) is 11.1. The number of rotatable bonds is 13. The van der Waals surface area contributed by atoms with Crippen LogP contribution in [0, 0.1) is 0 Å². The highest BCUT2D eigenvalue weighted by Crippen LogP contribution is 2.52. The highest BCUT2D eigenvalue weighted by atomic mass is 28.3. The normalized spacial score (nSPS) is 25.9. The molecule has 2 heterocycles. The molecule has 0 aromatic rings. The minimum Gasteiger partial charge on any atom is -0.463 e. The molecule has 2 atom stereocenters. The summed E-state index contributed by atoms with van der Waals surface area (Å²) in [5, 5.41) is -0.411. The lowest BCUT2D eigenvalue weighted by molar-refractivity contribution is -0.167. The van der Waals surface area contributed by atoms with Crippen molar-refractivity contribution in [3.05, 3.63) is 25.3 Å². The largest absolute Gasteiger partial charge is 0.463 e. The van der Waals surface area contributed by atoms with Crippen LogP contribution in [-0.2, 0) is 28.5 Å². The quantitative estimate of drug-likeness (QED) is 0.159. The first kappa shape index (κ1) is 28.0. The molecule has 6 nitrogen and oxygen atoms in total. The molecular formula is C25H44O6Si2. The molecule has 0 saturated carbocycles. The van der Waals surface area contributed by atoms with Gasteiger partial charge in [0.25, 0.3) is 0 Å². The second-order valence-corrected chi connectivity index (χ2v) is 18.2. The van der Waals surface area contributed by atoms with E-state index in [0.717, 1.165) is 70.2 Å². The molecule has 0 aromatic carbocycles. The van der Waals surface area contributed by atoms with Crippen molar-refractivity contribution in [1.29, 1.82) is 0 Å². The molecular weight excluding hydrogens is 452 g/mol. The predicted molar refractivity (Wildman–Crippen MR) is 137 cm³/mol. The zero-order valence-electron chi connectivity index (χ0n) is 21.0. The molecule has 0 spiro atoms. The lowest BCUT2D eigenvalue weighted by Crippen LogP contribution is -2.76. The van der Waals surface area contributed by atoms with E-state index in [9.17, 15) is 9.59 Å². The summed E-state index contributed by atoms with van der Waals surface area (Å²) in [6.45, 7) is 16.6. The number of carbonyl (C=O) groups is 2. The van der Waals surface area contributed by atoms with Gasteiger partial charge < -0.3 is 18.9 Å². The van der Waals surface area contributed by atoms with E-state index in [1.807, 2.05) is 0 Å². The second kappa shape index (κ2) is 13.0. The van der Waals surface area contributed by atoms with Crippen LogP contribution >= 0.6 is 0 Å². The van der Waals surface area contributed by atoms with Gasteiger partial charge >= 0.3 is 11.9 Å². The van der Waals surface area contributed by atoms with E-state index >= 15 is 0 Å². The van der Waals surface area contributed by atoms with Crippen molar-refractivity contribution in [3.8, 4) is 0 Å². The fraction of sp³-hybridized carbons (Fsp3) is 0.760. The van der Waals surface area contributed by atoms with Crippen LogP contribution in [0.3, 0.4) is 0 Å². The van der Waals surface area contributed by atoms with Crippen molar-refractivity contribution in [2.24, 2.45) is 0 Å². The molecule has 188 valence electrons. The molecule has 2 unspecified atom stereocenters. The summed E-state index contributed by atoms with van der Waals surface area (Å²) < 4.78 is 24.4. The van der Waals surface area contributed by atoms with Gasteiger partial charge in [0.05, 0.1) is 40.5 Å². The van der Waals surface area contributed by atoms with Gasteiger partial charge in [-0.25, -0.2) is 9.59 Å². The average molecular weight is 497 g/mol. The lowest BCUT2D eigenvalue weighted by atomic mass is 9.96. The van der Waals surface area contributed by atoms with Gasteiger partial charge in [-0.3, -0.25) is 0 Å². The van der Waals surface area contributed by atoms with Gasteiger partial charge in [0.15, 0.2) is 0 Å². The van der Waals surface area contributed by atoms with E-state index in [0.29, 0.717) is 13.2 Å². The van der Waals surface area contributed by atoms with E-state index in [1.54, 1.807) is 0 Å².